The second-order valence-corrected chi connectivity index (χ2v) is 4.15. The summed E-state index contributed by atoms with van der Waals surface area (Å²) in [5.41, 5.74) is 1.56. The van der Waals surface area contributed by atoms with Crippen molar-refractivity contribution in [2.75, 3.05) is 0 Å². The van der Waals surface area contributed by atoms with E-state index < -0.39 is 0 Å². The predicted octanol–water partition coefficient (Wildman–Crippen LogP) is 3.64. The van der Waals surface area contributed by atoms with Crippen molar-refractivity contribution in [2.45, 2.75) is 26.7 Å². The average molecular weight is 242 g/mol. The van der Waals surface area contributed by atoms with Crippen molar-refractivity contribution in [1.29, 1.82) is 0 Å². The number of allylic oxidation sites excluding steroid dienone is 4. The van der Waals surface area contributed by atoms with Crippen molar-refractivity contribution in [3.8, 4) is 0 Å². The second-order valence-electron chi connectivity index (χ2n) is 3.21. The van der Waals surface area contributed by atoms with Gasteiger partial charge in [-0.25, -0.2) is 0 Å². The van der Waals surface area contributed by atoms with Crippen molar-refractivity contribution >= 4 is 24.8 Å². The molecule has 1 aliphatic rings. The zero-order chi connectivity index (χ0) is 7.56. The third kappa shape index (κ3) is 4.72. The van der Waals surface area contributed by atoms with E-state index in [0.29, 0.717) is 0 Å². The maximum atomic E-state index is 2.27. The molecule has 0 atom stereocenters. The molecule has 1 aliphatic carbocycles. The van der Waals surface area contributed by atoms with Crippen molar-refractivity contribution < 1.29 is 20.4 Å². The van der Waals surface area contributed by atoms with Gasteiger partial charge in [0.15, 0.2) is 0 Å². The summed E-state index contributed by atoms with van der Waals surface area (Å²) < 4.78 is 1.56. The van der Waals surface area contributed by atoms with Crippen molar-refractivity contribution in [3.05, 3.63) is 21.6 Å². The smallest absolute Gasteiger partial charge is 0.147 e. The normalized spacial score (nSPS) is 14.5. The quantitative estimate of drug-likeness (QED) is 0.648. The molecule has 0 saturated heterocycles. The van der Waals surface area contributed by atoms with Gasteiger partial charge in [-0.3, -0.25) is 0 Å². The first-order valence-electron chi connectivity index (χ1n) is 3.80. The largest absolute Gasteiger partial charge is 0.147 e. The first-order valence-corrected chi connectivity index (χ1v) is 4.58. The molecule has 0 fully saturated rings. The van der Waals surface area contributed by atoms with E-state index in [4.69, 9.17) is 0 Å². The molecule has 0 bridgehead atoms. The van der Waals surface area contributed by atoms with E-state index in [-0.39, 0.29) is 24.8 Å². The summed E-state index contributed by atoms with van der Waals surface area (Å²) in [7, 11) is 0. The molecule has 0 N–H and O–H groups in total. The van der Waals surface area contributed by atoms with Gasteiger partial charge in [0.25, 0.3) is 0 Å². The van der Waals surface area contributed by atoms with E-state index in [1.54, 1.807) is 9.45 Å². The fraction of sp³-hybridized carbons (Fsp3) is 0.556. The fourth-order valence-corrected chi connectivity index (χ4v) is 1.66. The molecule has 0 unspecified atom stereocenters. The summed E-state index contributed by atoms with van der Waals surface area (Å²) in [5.74, 6) is 0.799. The monoisotopic (exact) mass is 241 g/mol. The maximum Gasteiger partial charge on any atom is -0.147 e. The molecular weight excluding hydrogens is 227 g/mol. The van der Waals surface area contributed by atoms with Crippen LogP contribution in [0.3, 0.4) is 0 Å². The van der Waals surface area contributed by atoms with Crippen LogP contribution in [0.1, 0.15) is 26.7 Å². The first-order chi connectivity index (χ1) is 4.70. The van der Waals surface area contributed by atoms with E-state index in [9.17, 15) is 0 Å². The van der Waals surface area contributed by atoms with Gasteiger partial charge in [-0.15, -0.1) is 24.8 Å². The van der Waals surface area contributed by atoms with Gasteiger partial charge in [0, 0.05) is 0 Å². The van der Waals surface area contributed by atoms with E-state index in [1.807, 2.05) is 0 Å². The van der Waals surface area contributed by atoms with E-state index >= 15 is 0 Å². The van der Waals surface area contributed by atoms with Gasteiger partial charge in [-0.05, 0) is 0 Å². The molecule has 0 radical (unpaired) electrons. The topological polar surface area (TPSA) is 0 Å². The molecule has 0 aromatic rings. The van der Waals surface area contributed by atoms with Gasteiger partial charge in [0.1, 0.15) is 0 Å². The third-order valence-electron chi connectivity index (χ3n) is 1.66. The van der Waals surface area contributed by atoms with Crippen LogP contribution in [-0.2, 0) is 20.4 Å². The van der Waals surface area contributed by atoms with Gasteiger partial charge in [0.2, 0.25) is 0 Å². The van der Waals surface area contributed by atoms with Crippen LogP contribution in [0.25, 0.3) is 0 Å². The predicted molar refractivity (Wildman–Crippen MR) is 54.7 cm³/mol. The molecule has 0 amide bonds. The Morgan fingerprint density at radius 2 is 2.00 bits per heavy atom. The van der Waals surface area contributed by atoms with Crippen LogP contribution < -0.4 is 0 Å². The first kappa shape index (κ1) is 15.3. The second kappa shape index (κ2) is 7.20. The van der Waals surface area contributed by atoms with Gasteiger partial charge >= 0.3 is 74.6 Å². The fourth-order valence-electron chi connectivity index (χ4n) is 1.18. The Hall–Kier alpha value is 0.774. The minimum Gasteiger partial charge on any atom is -0.147 e. The molecule has 0 spiro atoms. The van der Waals surface area contributed by atoms with E-state index in [2.05, 4.69) is 46.4 Å². The minimum absolute atomic E-state index is 0. The Kier molecular flexibility index (Phi) is 9.16. The van der Waals surface area contributed by atoms with E-state index in [0.717, 1.165) is 5.92 Å². The molecule has 69 valence electrons. The Balaban J connectivity index is 0. The molecule has 0 aromatic heterocycles. The molecular formula is C9H15Cl2Ti. The zero-order valence-electron chi connectivity index (χ0n) is 7.46. The molecule has 0 heterocycles. The Bertz CT molecular complexity index is 183. The Morgan fingerprint density at radius 3 is 2.33 bits per heavy atom. The zero-order valence-corrected chi connectivity index (χ0v) is 10.7. The maximum absolute atomic E-state index is 2.27. The minimum atomic E-state index is 0. The molecule has 12 heavy (non-hydrogen) atoms. The molecule has 0 saturated carbocycles. The van der Waals surface area contributed by atoms with E-state index in [1.165, 1.54) is 12.8 Å². The summed E-state index contributed by atoms with van der Waals surface area (Å²) >= 11 is 2.23. The van der Waals surface area contributed by atoms with Crippen LogP contribution in [0.5, 0.6) is 0 Å². The van der Waals surface area contributed by atoms with Crippen LogP contribution in [0, 0.1) is 5.92 Å². The van der Waals surface area contributed by atoms with Crippen molar-refractivity contribution in [2.24, 2.45) is 5.92 Å². The summed E-state index contributed by atoms with van der Waals surface area (Å²) in [6.45, 7) is 4.54. The summed E-state index contributed by atoms with van der Waals surface area (Å²) in [6.07, 6.45) is 6.97. The van der Waals surface area contributed by atoms with Crippen LogP contribution in [-0.4, -0.2) is 0 Å². The van der Waals surface area contributed by atoms with Crippen LogP contribution in [0.15, 0.2) is 21.6 Å². The van der Waals surface area contributed by atoms with Crippen LogP contribution >= 0.6 is 24.8 Å². The Labute approximate surface area is 99.1 Å². The summed E-state index contributed by atoms with van der Waals surface area (Å²) in [5, 5.41) is 0. The van der Waals surface area contributed by atoms with Gasteiger partial charge < -0.3 is 0 Å². The molecule has 0 aliphatic heterocycles. The summed E-state index contributed by atoms with van der Waals surface area (Å²) in [6, 6.07) is 0. The average Bonchev–Trinajstić information content (AvgIpc) is 2.15. The molecule has 0 nitrogen and oxygen atoms in total. The number of halogens is 2. The standard InChI is InChI=1S/C9H13.2ClH.Ti/c1-8(2)7-9-5-3-4-6-9;;;/h3,5,8H,4,7H2,1-2H3;2*1H;. The van der Waals surface area contributed by atoms with Gasteiger partial charge in [0.05, 0.1) is 0 Å². The van der Waals surface area contributed by atoms with Gasteiger partial charge in [-0.1, -0.05) is 0 Å². The molecule has 0 aromatic carbocycles. The molecule has 3 heteroatoms. The number of hydrogen-bond donors (Lipinski definition) is 0. The van der Waals surface area contributed by atoms with Crippen LogP contribution in [0.2, 0.25) is 0 Å². The number of hydrogen-bond acceptors (Lipinski definition) is 0. The number of rotatable bonds is 2. The molecule has 1 rings (SSSR count). The van der Waals surface area contributed by atoms with Crippen LogP contribution in [0.4, 0.5) is 0 Å². The van der Waals surface area contributed by atoms with Crippen molar-refractivity contribution in [1.82, 2.24) is 0 Å². The third-order valence-corrected chi connectivity index (χ3v) is 2.48. The SMILES string of the molecule is CC(C)CC1=[C]([Ti])CC=C1.Cl.Cl. The summed E-state index contributed by atoms with van der Waals surface area (Å²) in [4.78, 5) is 0. The Morgan fingerprint density at radius 1 is 1.42 bits per heavy atom. The van der Waals surface area contributed by atoms with Crippen molar-refractivity contribution in [3.63, 3.8) is 0 Å². The van der Waals surface area contributed by atoms with Gasteiger partial charge in [-0.2, -0.15) is 0 Å².